The molecule has 29 heavy (non-hydrogen) atoms. The van der Waals surface area contributed by atoms with Gasteiger partial charge < -0.3 is 14.5 Å². The molecule has 0 fully saturated rings. The third-order valence-electron chi connectivity index (χ3n) is 4.30. The molecular formula is C20H20Cl3N3O3. The van der Waals surface area contributed by atoms with Gasteiger partial charge in [-0.25, -0.2) is 0 Å². The molecule has 3 aromatic rings. The second-order valence-corrected chi connectivity index (χ2v) is 7.59. The van der Waals surface area contributed by atoms with E-state index >= 15 is 0 Å². The average Bonchev–Trinajstić information content (AvgIpc) is 3.27. The van der Waals surface area contributed by atoms with Gasteiger partial charge in [-0.1, -0.05) is 40.9 Å². The number of ether oxygens (including phenoxy) is 1. The lowest BCUT2D eigenvalue weighted by atomic mass is 10.3. The molecule has 0 spiro atoms. The third kappa shape index (κ3) is 5.26. The van der Waals surface area contributed by atoms with Crippen LogP contribution in [-0.2, 0) is 13.2 Å². The van der Waals surface area contributed by atoms with E-state index < -0.39 is 0 Å². The highest BCUT2D eigenvalue weighted by Crippen LogP contribution is 2.32. The fraction of sp³-hybridized carbons (Fsp3) is 0.300. The zero-order chi connectivity index (χ0) is 21.0. The smallest absolute Gasteiger partial charge is 0.286 e. The zero-order valence-electron chi connectivity index (χ0n) is 16.0. The summed E-state index contributed by atoms with van der Waals surface area (Å²) < 4.78 is 13.0. The first kappa shape index (κ1) is 21.6. The first-order valence-corrected chi connectivity index (χ1v) is 10.1. The van der Waals surface area contributed by atoms with Gasteiger partial charge in [0.05, 0.1) is 21.4 Å². The Morgan fingerprint density at radius 1 is 1.17 bits per heavy atom. The number of nitrogens with one attached hydrogen (secondary N) is 1. The number of benzene rings is 1. The number of aryl methyl sites for hydroxylation is 2. The van der Waals surface area contributed by atoms with Crippen LogP contribution in [-0.4, -0.2) is 22.2 Å². The lowest BCUT2D eigenvalue weighted by molar-refractivity contribution is 0.0920. The number of amides is 1. The minimum absolute atomic E-state index is 0.131. The molecule has 0 atom stereocenters. The Hall–Kier alpha value is -2.15. The summed E-state index contributed by atoms with van der Waals surface area (Å²) in [6, 6.07) is 8.42. The SMILES string of the molecule is Cc1nn(CCCNC(=O)c2ccc(COc3cccc(Cl)c3Cl)o2)c(C)c1Cl. The van der Waals surface area contributed by atoms with Crippen LogP contribution in [0, 0.1) is 13.8 Å². The maximum Gasteiger partial charge on any atom is 0.286 e. The van der Waals surface area contributed by atoms with E-state index in [-0.39, 0.29) is 18.3 Å². The van der Waals surface area contributed by atoms with Crippen molar-refractivity contribution in [2.24, 2.45) is 0 Å². The number of furan rings is 1. The van der Waals surface area contributed by atoms with E-state index in [1.807, 2.05) is 18.5 Å². The molecule has 2 heterocycles. The van der Waals surface area contributed by atoms with E-state index in [0.717, 1.165) is 11.4 Å². The monoisotopic (exact) mass is 455 g/mol. The minimum Gasteiger partial charge on any atom is -0.484 e. The molecule has 9 heteroatoms. The van der Waals surface area contributed by atoms with Crippen LogP contribution in [0.25, 0.3) is 0 Å². The number of aromatic nitrogens is 2. The summed E-state index contributed by atoms with van der Waals surface area (Å²) in [7, 11) is 0. The number of rotatable bonds is 8. The quantitative estimate of drug-likeness (QED) is 0.457. The fourth-order valence-electron chi connectivity index (χ4n) is 2.73. The van der Waals surface area contributed by atoms with Crippen LogP contribution in [0.4, 0.5) is 0 Å². The van der Waals surface area contributed by atoms with Crippen LogP contribution >= 0.6 is 34.8 Å². The standard InChI is InChI=1S/C20H20Cl3N3O3/c1-12-18(22)13(2)26(25-12)10-4-9-24-20(27)17-8-7-14(29-17)11-28-16-6-3-5-15(21)19(16)23/h3,5-8H,4,9-11H2,1-2H3,(H,24,27). The Morgan fingerprint density at radius 2 is 1.97 bits per heavy atom. The zero-order valence-corrected chi connectivity index (χ0v) is 18.2. The van der Waals surface area contributed by atoms with Crippen molar-refractivity contribution in [3.05, 3.63) is 68.3 Å². The summed E-state index contributed by atoms with van der Waals surface area (Å²) in [5.41, 5.74) is 1.73. The Labute approximate surface area is 183 Å². The molecule has 3 rings (SSSR count). The summed E-state index contributed by atoms with van der Waals surface area (Å²) in [5.74, 6) is 0.882. The van der Waals surface area contributed by atoms with Crippen molar-refractivity contribution in [2.45, 2.75) is 33.4 Å². The summed E-state index contributed by atoms with van der Waals surface area (Å²) >= 11 is 18.2. The number of halogens is 3. The number of nitrogens with zero attached hydrogens (tertiary/aromatic N) is 2. The minimum atomic E-state index is -0.288. The topological polar surface area (TPSA) is 69.3 Å². The molecule has 0 aliphatic carbocycles. The second kappa shape index (κ2) is 9.57. The summed E-state index contributed by atoms with van der Waals surface area (Å²) in [6.45, 7) is 5.07. The maximum atomic E-state index is 12.2. The Balaban J connectivity index is 1.46. The maximum absolute atomic E-state index is 12.2. The Bertz CT molecular complexity index is 1010. The second-order valence-electron chi connectivity index (χ2n) is 6.42. The van der Waals surface area contributed by atoms with Crippen molar-refractivity contribution in [2.75, 3.05) is 6.54 Å². The molecule has 6 nitrogen and oxygen atoms in total. The third-order valence-corrected chi connectivity index (χ3v) is 5.65. The van der Waals surface area contributed by atoms with Crippen molar-refractivity contribution < 1.29 is 13.9 Å². The van der Waals surface area contributed by atoms with Gasteiger partial charge in [-0.3, -0.25) is 9.48 Å². The van der Waals surface area contributed by atoms with E-state index in [4.69, 9.17) is 44.0 Å². The molecule has 0 aliphatic rings. The van der Waals surface area contributed by atoms with Crippen molar-refractivity contribution in [1.29, 1.82) is 0 Å². The Kier molecular flexibility index (Phi) is 7.11. The van der Waals surface area contributed by atoms with Crippen LogP contribution in [0.1, 0.15) is 34.1 Å². The molecule has 0 saturated carbocycles. The van der Waals surface area contributed by atoms with Crippen molar-refractivity contribution >= 4 is 40.7 Å². The predicted molar refractivity (Wildman–Crippen MR) is 113 cm³/mol. The lowest BCUT2D eigenvalue weighted by Gasteiger charge is -2.07. The predicted octanol–water partition coefficient (Wildman–Crippen LogP) is 5.45. The Morgan fingerprint density at radius 3 is 2.69 bits per heavy atom. The van der Waals surface area contributed by atoms with Gasteiger partial charge in [0.1, 0.15) is 23.1 Å². The highest BCUT2D eigenvalue weighted by Gasteiger charge is 2.13. The molecule has 1 amide bonds. The van der Waals surface area contributed by atoms with E-state index in [9.17, 15) is 4.79 Å². The van der Waals surface area contributed by atoms with Gasteiger partial charge in [-0.2, -0.15) is 5.10 Å². The van der Waals surface area contributed by atoms with Gasteiger partial charge in [0.2, 0.25) is 0 Å². The molecule has 1 N–H and O–H groups in total. The average molecular weight is 457 g/mol. The van der Waals surface area contributed by atoms with Gasteiger partial charge >= 0.3 is 0 Å². The van der Waals surface area contributed by atoms with Crippen LogP contribution in [0.15, 0.2) is 34.7 Å². The molecule has 0 unspecified atom stereocenters. The molecule has 0 radical (unpaired) electrons. The molecule has 0 aliphatic heterocycles. The molecule has 2 aromatic heterocycles. The van der Waals surface area contributed by atoms with Crippen molar-refractivity contribution in [3.63, 3.8) is 0 Å². The molecule has 0 bridgehead atoms. The van der Waals surface area contributed by atoms with Gasteiger partial charge in [0.25, 0.3) is 5.91 Å². The van der Waals surface area contributed by atoms with Crippen LogP contribution in [0.5, 0.6) is 5.75 Å². The van der Waals surface area contributed by atoms with Gasteiger partial charge in [0.15, 0.2) is 5.76 Å². The highest BCUT2D eigenvalue weighted by atomic mass is 35.5. The first-order chi connectivity index (χ1) is 13.9. The van der Waals surface area contributed by atoms with Gasteiger partial charge in [-0.15, -0.1) is 0 Å². The van der Waals surface area contributed by atoms with E-state index in [0.29, 0.717) is 46.1 Å². The van der Waals surface area contributed by atoms with Crippen LogP contribution in [0.2, 0.25) is 15.1 Å². The molecule has 1 aromatic carbocycles. The normalized spacial score (nSPS) is 10.9. The largest absolute Gasteiger partial charge is 0.484 e. The number of carbonyl (C=O) groups is 1. The summed E-state index contributed by atoms with van der Waals surface area (Å²) in [6.07, 6.45) is 0.716. The van der Waals surface area contributed by atoms with Crippen molar-refractivity contribution in [1.82, 2.24) is 15.1 Å². The molecular weight excluding hydrogens is 437 g/mol. The fourth-order valence-corrected chi connectivity index (χ4v) is 3.21. The lowest BCUT2D eigenvalue weighted by Crippen LogP contribution is -2.25. The highest BCUT2D eigenvalue weighted by molar-refractivity contribution is 6.42. The van der Waals surface area contributed by atoms with E-state index in [1.165, 1.54) is 0 Å². The summed E-state index contributed by atoms with van der Waals surface area (Å²) in [5, 5.41) is 8.62. The van der Waals surface area contributed by atoms with Crippen LogP contribution < -0.4 is 10.1 Å². The first-order valence-electron chi connectivity index (χ1n) is 9.00. The molecule has 154 valence electrons. The van der Waals surface area contributed by atoms with Crippen LogP contribution in [0.3, 0.4) is 0 Å². The van der Waals surface area contributed by atoms with Gasteiger partial charge in [-0.05, 0) is 44.5 Å². The van der Waals surface area contributed by atoms with E-state index in [2.05, 4.69) is 10.4 Å². The summed E-state index contributed by atoms with van der Waals surface area (Å²) in [4.78, 5) is 12.2. The number of carbonyl (C=O) groups excluding carboxylic acids is 1. The van der Waals surface area contributed by atoms with E-state index in [1.54, 1.807) is 30.3 Å². The number of hydrogen-bond donors (Lipinski definition) is 1. The van der Waals surface area contributed by atoms with Gasteiger partial charge in [0, 0.05) is 13.1 Å². The van der Waals surface area contributed by atoms with Crippen molar-refractivity contribution in [3.8, 4) is 5.75 Å². The number of hydrogen-bond acceptors (Lipinski definition) is 4. The molecule has 0 saturated heterocycles.